The zero-order chi connectivity index (χ0) is 14.5. The molecule has 0 saturated carbocycles. The van der Waals surface area contributed by atoms with E-state index in [1.807, 2.05) is 24.3 Å². The maximum absolute atomic E-state index is 12.0. The number of nitrogens with one attached hydrogen (secondary N) is 2. The Kier molecular flexibility index (Phi) is 5.11. The predicted octanol–water partition coefficient (Wildman–Crippen LogP) is 4.23. The smallest absolute Gasteiger partial charge is 0.258 e. The van der Waals surface area contributed by atoms with Gasteiger partial charge in [0.1, 0.15) is 0 Å². The Morgan fingerprint density at radius 1 is 1.15 bits per heavy atom. The van der Waals surface area contributed by atoms with Crippen LogP contribution in [0.4, 0.5) is 5.69 Å². The fourth-order valence-electron chi connectivity index (χ4n) is 1.54. The molecule has 20 heavy (non-hydrogen) atoms. The molecule has 3 nitrogen and oxygen atoms in total. The number of thiocarbonyl (C=S) groups is 1. The zero-order valence-electron chi connectivity index (χ0n) is 10.2. The van der Waals surface area contributed by atoms with E-state index in [-0.39, 0.29) is 11.0 Å². The van der Waals surface area contributed by atoms with Gasteiger partial charge in [-0.1, -0.05) is 45.7 Å². The molecule has 6 heteroatoms. The molecule has 2 aromatic carbocycles. The van der Waals surface area contributed by atoms with Crippen LogP contribution in [0.3, 0.4) is 0 Å². The Morgan fingerprint density at radius 3 is 2.60 bits per heavy atom. The van der Waals surface area contributed by atoms with Crippen LogP contribution in [0.25, 0.3) is 0 Å². The van der Waals surface area contributed by atoms with Gasteiger partial charge in [-0.25, -0.2) is 0 Å². The van der Waals surface area contributed by atoms with Crippen LogP contribution in [0.15, 0.2) is 53.0 Å². The van der Waals surface area contributed by atoms with Crippen molar-refractivity contribution in [3.05, 3.63) is 63.6 Å². The van der Waals surface area contributed by atoms with Gasteiger partial charge in [-0.3, -0.25) is 10.1 Å². The van der Waals surface area contributed by atoms with E-state index in [0.29, 0.717) is 10.6 Å². The number of hydrogen-bond acceptors (Lipinski definition) is 2. The first-order chi connectivity index (χ1) is 9.56. The largest absolute Gasteiger partial charge is 0.332 e. The number of hydrogen-bond donors (Lipinski definition) is 2. The molecule has 102 valence electrons. The van der Waals surface area contributed by atoms with Gasteiger partial charge < -0.3 is 5.32 Å². The average molecular weight is 370 g/mol. The topological polar surface area (TPSA) is 41.1 Å². The summed E-state index contributed by atoms with van der Waals surface area (Å²) < 4.78 is 0.919. The minimum atomic E-state index is -0.344. The molecule has 2 rings (SSSR count). The number of benzene rings is 2. The second-order valence-corrected chi connectivity index (χ2v) is 5.63. The normalized spacial score (nSPS) is 9.90. The van der Waals surface area contributed by atoms with E-state index in [2.05, 4.69) is 26.6 Å². The maximum Gasteiger partial charge on any atom is 0.258 e. The highest BCUT2D eigenvalue weighted by atomic mass is 79.9. The first-order valence-electron chi connectivity index (χ1n) is 5.68. The maximum atomic E-state index is 12.0. The zero-order valence-corrected chi connectivity index (χ0v) is 13.3. The number of anilines is 1. The molecular formula is C14H10BrClN2OS. The third-order valence-electron chi connectivity index (χ3n) is 2.43. The van der Waals surface area contributed by atoms with Gasteiger partial charge in [-0.15, -0.1) is 0 Å². The van der Waals surface area contributed by atoms with Crippen molar-refractivity contribution >= 4 is 56.5 Å². The predicted molar refractivity (Wildman–Crippen MR) is 89.3 cm³/mol. The molecule has 0 spiro atoms. The van der Waals surface area contributed by atoms with Crippen molar-refractivity contribution in [3.8, 4) is 0 Å². The second-order valence-electron chi connectivity index (χ2n) is 3.90. The van der Waals surface area contributed by atoms with Crippen LogP contribution in [0.5, 0.6) is 0 Å². The van der Waals surface area contributed by atoms with Crippen LogP contribution in [-0.4, -0.2) is 11.0 Å². The summed E-state index contributed by atoms with van der Waals surface area (Å²) in [6.07, 6.45) is 0. The minimum absolute atomic E-state index is 0.216. The van der Waals surface area contributed by atoms with Crippen molar-refractivity contribution < 1.29 is 4.79 Å². The molecular weight excluding hydrogens is 360 g/mol. The summed E-state index contributed by atoms with van der Waals surface area (Å²) in [4.78, 5) is 12.0. The second kappa shape index (κ2) is 6.83. The molecule has 0 fully saturated rings. The monoisotopic (exact) mass is 368 g/mol. The highest BCUT2D eigenvalue weighted by Gasteiger charge is 2.11. The highest BCUT2D eigenvalue weighted by molar-refractivity contribution is 9.10. The van der Waals surface area contributed by atoms with Crippen molar-refractivity contribution in [2.75, 3.05) is 5.32 Å². The van der Waals surface area contributed by atoms with Crippen LogP contribution >= 0.6 is 39.7 Å². The van der Waals surface area contributed by atoms with Crippen LogP contribution in [0, 0.1) is 0 Å². The molecule has 0 radical (unpaired) electrons. The lowest BCUT2D eigenvalue weighted by atomic mass is 10.2. The number of carbonyl (C=O) groups is 1. The third-order valence-corrected chi connectivity index (χ3v) is 3.45. The Labute approximate surface area is 135 Å². The number of amides is 1. The van der Waals surface area contributed by atoms with Gasteiger partial charge in [0.25, 0.3) is 5.91 Å². The summed E-state index contributed by atoms with van der Waals surface area (Å²) in [5.74, 6) is -0.344. The van der Waals surface area contributed by atoms with E-state index in [1.54, 1.807) is 24.3 Å². The molecule has 0 heterocycles. The molecule has 0 aliphatic carbocycles. The van der Waals surface area contributed by atoms with Gasteiger partial charge >= 0.3 is 0 Å². The first-order valence-corrected chi connectivity index (χ1v) is 7.26. The van der Waals surface area contributed by atoms with Gasteiger partial charge in [0.15, 0.2) is 5.11 Å². The van der Waals surface area contributed by atoms with Crippen LogP contribution in [0.2, 0.25) is 5.02 Å². The summed E-state index contributed by atoms with van der Waals surface area (Å²) >= 11 is 14.4. The van der Waals surface area contributed by atoms with Crippen LogP contribution < -0.4 is 10.6 Å². The summed E-state index contributed by atoms with van der Waals surface area (Å²) in [5.41, 5.74) is 1.16. The van der Waals surface area contributed by atoms with Crippen molar-refractivity contribution in [2.24, 2.45) is 0 Å². The van der Waals surface area contributed by atoms with Crippen LogP contribution in [0.1, 0.15) is 10.4 Å². The van der Waals surface area contributed by atoms with Crippen molar-refractivity contribution in [2.45, 2.75) is 0 Å². The van der Waals surface area contributed by atoms with E-state index >= 15 is 0 Å². The number of halogens is 2. The Morgan fingerprint density at radius 2 is 1.90 bits per heavy atom. The Bertz CT molecular complexity index is 663. The summed E-state index contributed by atoms with van der Waals surface area (Å²) in [6.45, 7) is 0. The van der Waals surface area contributed by atoms with E-state index in [1.165, 1.54) is 0 Å². The lowest BCUT2D eigenvalue weighted by Gasteiger charge is -2.10. The molecule has 0 atom stereocenters. The lowest BCUT2D eigenvalue weighted by molar-refractivity contribution is 0.0978. The summed E-state index contributed by atoms with van der Waals surface area (Å²) in [6, 6.07) is 14.3. The van der Waals surface area contributed by atoms with Crippen molar-refractivity contribution in [1.29, 1.82) is 0 Å². The van der Waals surface area contributed by atoms with E-state index in [0.717, 1.165) is 10.2 Å². The van der Waals surface area contributed by atoms with Gasteiger partial charge in [0.2, 0.25) is 0 Å². The average Bonchev–Trinajstić information content (AvgIpc) is 2.38. The van der Waals surface area contributed by atoms with E-state index < -0.39 is 0 Å². The minimum Gasteiger partial charge on any atom is -0.332 e. The first kappa shape index (κ1) is 15.0. The fourth-order valence-corrected chi connectivity index (χ4v) is 2.38. The highest BCUT2D eigenvalue weighted by Crippen LogP contribution is 2.16. The molecule has 0 aromatic heterocycles. The molecule has 0 bridgehead atoms. The Balaban J connectivity index is 2.02. The van der Waals surface area contributed by atoms with Crippen molar-refractivity contribution in [3.63, 3.8) is 0 Å². The van der Waals surface area contributed by atoms with Crippen LogP contribution in [-0.2, 0) is 0 Å². The molecule has 0 aliphatic heterocycles. The van der Waals surface area contributed by atoms with E-state index in [9.17, 15) is 4.79 Å². The van der Waals surface area contributed by atoms with Gasteiger partial charge in [0, 0.05) is 10.2 Å². The molecule has 0 saturated heterocycles. The van der Waals surface area contributed by atoms with Crippen molar-refractivity contribution in [1.82, 2.24) is 5.32 Å². The third kappa shape index (κ3) is 4.03. The number of carbonyl (C=O) groups excluding carboxylic acids is 1. The fraction of sp³-hybridized carbons (Fsp3) is 0. The quantitative estimate of drug-likeness (QED) is 0.778. The standard InChI is InChI=1S/C14H10BrClN2OS/c15-9-4-3-5-10(8-9)17-14(20)18-13(19)11-6-1-2-7-12(11)16/h1-8H,(H2,17,18,19,20). The molecule has 2 N–H and O–H groups in total. The Hall–Kier alpha value is -1.43. The molecule has 0 aliphatic rings. The van der Waals surface area contributed by atoms with Gasteiger partial charge in [-0.2, -0.15) is 0 Å². The van der Waals surface area contributed by atoms with E-state index in [4.69, 9.17) is 23.8 Å². The molecule has 1 amide bonds. The summed E-state index contributed by atoms with van der Waals surface area (Å²) in [7, 11) is 0. The molecule has 0 unspecified atom stereocenters. The summed E-state index contributed by atoms with van der Waals surface area (Å²) in [5, 5.41) is 6.12. The SMILES string of the molecule is O=C(NC(=S)Nc1cccc(Br)c1)c1ccccc1Cl. The van der Waals surface area contributed by atoms with Gasteiger partial charge in [-0.05, 0) is 42.5 Å². The lowest BCUT2D eigenvalue weighted by Crippen LogP contribution is -2.34. The molecule has 2 aromatic rings. The van der Waals surface area contributed by atoms with Gasteiger partial charge in [0.05, 0.1) is 10.6 Å². The number of rotatable bonds is 2.